The number of rotatable bonds is 4. The van der Waals surface area contributed by atoms with Gasteiger partial charge in [-0.1, -0.05) is 4.49 Å². The number of sulfonamides is 1. The highest BCUT2D eigenvalue weighted by molar-refractivity contribution is 9.10. The van der Waals surface area contributed by atoms with Crippen molar-refractivity contribution >= 4 is 48.2 Å². The Morgan fingerprint density at radius 3 is 2.79 bits per heavy atom. The van der Waals surface area contributed by atoms with Crippen LogP contribution < -0.4 is 15.2 Å². The number of anilines is 2. The van der Waals surface area contributed by atoms with Gasteiger partial charge in [-0.05, 0) is 28.1 Å². The summed E-state index contributed by atoms with van der Waals surface area (Å²) in [4.78, 5) is -0.0518. The molecule has 0 aliphatic heterocycles. The van der Waals surface area contributed by atoms with Crippen molar-refractivity contribution in [3.05, 3.63) is 22.8 Å². The molecule has 0 aliphatic carbocycles. The molecule has 1 heterocycles. The van der Waals surface area contributed by atoms with Crippen molar-refractivity contribution in [2.75, 3.05) is 17.6 Å². The minimum atomic E-state index is -3.81. The zero-order chi connectivity index (χ0) is 14.0. The molecule has 0 atom stereocenters. The highest BCUT2D eigenvalue weighted by atomic mass is 79.9. The van der Waals surface area contributed by atoms with E-state index in [1.165, 1.54) is 25.4 Å². The number of hydrogen-bond acceptors (Lipinski definition) is 7. The van der Waals surface area contributed by atoms with Gasteiger partial charge in [0.1, 0.15) is 15.6 Å². The Bertz CT molecular complexity index is 688. The van der Waals surface area contributed by atoms with Crippen LogP contribution in [0.1, 0.15) is 0 Å². The lowest BCUT2D eigenvalue weighted by atomic mass is 10.3. The number of hydrogen-bond donors (Lipinski definition) is 2. The molecule has 19 heavy (non-hydrogen) atoms. The largest absolute Gasteiger partial charge is 0.495 e. The quantitative estimate of drug-likeness (QED) is 0.799. The Morgan fingerprint density at radius 1 is 1.47 bits per heavy atom. The SMILES string of the molecule is COc1cc(Br)c(N)cc1S(=O)(=O)Nc1cnns1. The molecule has 7 nitrogen and oxygen atoms in total. The van der Waals surface area contributed by atoms with E-state index in [2.05, 4.69) is 30.2 Å². The fourth-order valence-electron chi connectivity index (χ4n) is 1.32. The van der Waals surface area contributed by atoms with Crippen LogP contribution in [-0.4, -0.2) is 25.1 Å². The maximum absolute atomic E-state index is 12.2. The van der Waals surface area contributed by atoms with Crippen LogP contribution >= 0.6 is 27.5 Å². The first-order valence-corrected chi connectivity index (χ1v) is 7.92. The first-order valence-electron chi connectivity index (χ1n) is 4.87. The lowest BCUT2D eigenvalue weighted by Crippen LogP contribution is -2.13. The summed E-state index contributed by atoms with van der Waals surface area (Å²) in [5.74, 6) is 0.186. The van der Waals surface area contributed by atoms with E-state index >= 15 is 0 Å². The highest BCUT2D eigenvalue weighted by Gasteiger charge is 2.22. The van der Waals surface area contributed by atoms with Crippen LogP contribution in [0, 0.1) is 0 Å². The van der Waals surface area contributed by atoms with Gasteiger partial charge in [0, 0.05) is 21.7 Å². The van der Waals surface area contributed by atoms with E-state index in [1.807, 2.05) is 0 Å². The summed E-state index contributed by atoms with van der Waals surface area (Å²) < 4.78 is 36.0. The Labute approximate surface area is 122 Å². The van der Waals surface area contributed by atoms with Crippen molar-refractivity contribution < 1.29 is 13.2 Å². The standard InChI is InChI=1S/C9H9BrN4O3S2/c1-17-7-2-5(10)6(11)3-8(7)19(15,16)13-9-4-12-14-18-9/h2-4,13H,11H2,1H3. The molecule has 1 aromatic carbocycles. The van der Waals surface area contributed by atoms with Gasteiger partial charge >= 0.3 is 0 Å². The lowest BCUT2D eigenvalue weighted by Gasteiger charge is -2.11. The second-order valence-corrected chi connectivity index (χ2v) is 6.70. The number of aromatic nitrogens is 2. The van der Waals surface area contributed by atoms with E-state index in [1.54, 1.807) is 0 Å². The van der Waals surface area contributed by atoms with Crippen molar-refractivity contribution in [3.63, 3.8) is 0 Å². The Kier molecular flexibility index (Phi) is 3.92. The first-order chi connectivity index (χ1) is 8.94. The van der Waals surface area contributed by atoms with Crippen molar-refractivity contribution in [1.82, 2.24) is 9.59 Å². The normalized spacial score (nSPS) is 11.3. The predicted molar refractivity (Wildman–Crippen MR) is 75.8 cm³/mol. The fraction of sp³-hybridized carbons (Fsp3) is 0.111. The summed E-state index contributed by atoms with van der Waals surface area (Å²) in [6.45, 7) is 0. The van der Waals surface area contributed by atoms with Crippen LogP contribution in [-0.2, 0) is 10.0 Å². The molecule has 0 radical (unpaired) electrons. The molecule has 0 spiro atoms. The van der Waals surface area contributed by atoms with Gasteiger partial charge in [0.05, 0.1) is 13.3 Å². The number of nitrogen functional groups attached to an aromatic ring is 1. The second-order valence-electron chi connectivity index (χ2n) is 3.41. The molecule has 3 N–H and O–H groups in total. The van der Waals surface area contributed by atoms with Crippen LogP contribution in [0.3, 0.4) is 0 Å². The van der Waals surface area contributed by atoms with Crippen LogP contribution in [0.25, 0.3) is 0 Å². The second kappa shape index (κ2) is 5.31. The molecule has 2 aromatic rings. The summed E-state index contributed by atoms with van der Waals surface area (Å²) in [5, 5.41) is 3.86. The van der Waals surface area contributed by atoms with Crippen LogP contribution in [0.2, 0.25) is 0 Å². The number of methoxy groups -OCH3 is 1. The van der Waals surface area contributed by atoms with Gasteiger partial charge in [-0.3, -0.25) is 4.72 Å². The van der Waals surface area contributed by atoms with Gasteiger partial charge in [-0.25, -0.2) is 8.42 Å². The van der Waals surface area contributed by atoms with Crippen molar-refractivity contribution in [2.45, 2.75) is 4.90 Å². The molecular formula is C9H9BrN4O3S2. The molecule has 1 aromatic heterocycles. The Morgan fingerprint density at radius 2 is 2.21 bits per heavy atom. The highest BCUT2D eigenvalue weighted by Crippen LogP contribution is 2.33. The summed E-state index contributed by atoms with van der Waals surface area (Å²) in [6, 6.07) is 2.81. The third kappa shape index (κ3) is 2.96. The summed E-state index contributed by atoms with van der Waals surface area (Å²) in [6.07, 6.45) is 1.32. The van der Waals surface area contributed by atoms with Gasteiger partial charge in [-0.15, -0.1) is 5.10 Å². The summed E-state index contributed by atoms with van der Waals surface area (Å²) in [5.41, 5.74) is 5.99. The minimum Gasteiger partial charge on any atom is -0.495 e. The smallest absolute Gasteiger partial charge is 0.266 e. The average Bonchev–Trinajstić information content (AvgIpc) is 2.84. The van der Waals surface area contributed by atoms with Gasteiger partial charge < -0.3 is 10.5 Å². The molecular weight excluding hydrogens is 356 g/mol. The van der Waals surface area contributed by atoms with E-state index in [4.69, 9.17) is 10.5 Å². The Balaban J connectivity index is 2.48. The van der Waals surface area contributed by atoms with Gasteiger partial charge in [0.15, 0.2) is 0 Å². The zero-order valence-electron chi connectivity index (χ0n) is 9.62. The topological polar surface area (TPSA) is 107 Å². The van der Waals surface area contributed by atoms with E-state index in [0.717, 1.165) is 11.5 Å². The molecule has 0 saturated heterocycles. The van der Waals surface area contributed by atoms with Crippen molar-refractivity contribution in [2.24, 2.45) is 0 Å². The van der Waals surface area contributed by atoms with Crippen LogP contribution in [0.15, 0.2) is 27.7 Å². The maximum Gasteiger partial charge on any atom is 0.266 e. The monoisotopic (exact) mass is 364 g/mol. The summed E-state index contributed by atoms with van der Waals surface area (Å²) in [7, 11) is -2.43. The summed E-state index contributed by atoms with van der Waals surface area (Å²) >= 11 is 4.14. The Hall–Kier alpha value is -1.39. The molecule has 0 saturated carbocycles. The molecule has 0 bridgehead atoms. The molecule has 0 aliphatic rings. The third-order valence-electron chi connectivity index (χ3n) is 2.17. The van der Waals surface area contributed by atoms with Crippen molar-refractivity contribution in [1.29, 1.82) is 0 Å². The van der Waals surface area contributed by atoms with E-state index < -0.39 is 10.0 Å². The average molecular weight is 365 g/mol. The number of nitrogens with zero attached hydrogens (tertiary/aromatic N) is 2. The number of benzene rings is 1. The molecule has 2 rings (SSSR count). The van der Waals surface area contributed by atoms with Gasteiger partial charge in [0.2, 0.25) is 0 Å². The van der Waals surface area contributed by atoms with E-state index in [-0.39, 0.29) is 10.6 Å². The van der Waals surface area contributed by atoms with Gasteiger partial charge in [-0.2, -0.15) is 0 Å². The number of nitrogens with two attached hydrogens (primary N) is 1. The fourth-order valence-corrected chi connectivity index (χ4v) is 3.51. The zero-order valence-corrected chi connectivity index (χ0v) is 12.8. The van der Waals surface area contributed by atoms with Crippen LogP contribution in [0.4, 0.5) is 10.7 Å². The molecule has 102 valence electrons. The number of nitrogens with one attached hydrogen (secondary N) is 1. The predicted octanol–water partition coefficient (Wildman–Crippen LogP) is 1.69. The third-order valence-corrected chi connectivity index (χ3v) is 4.95. The molecule has 0 fully saturated rings. The maximum atomic E-state index is 12.2. The van der Waals surface area contributed by atoms with Crippen molar-refractivity contribution in [3.8, 4) is 5.75 Å². The van der Waals surface area contributed by atoms with E-state index in [9.17, 15) is 8.42 Å². The molecule has 0 unspecified atom stereocenters. The van der Waals surface area contributed by atoms with E-state index in [0.29, 0.717) is 15.2 Å². The van der Waals surface area contributed by atoms with Gasteiger partial charge in [0.25, 0.3) is 10.0 Å². The molecule has 0 amide bonds. The number of ether oxygens (including phenoxy) is 1. The number of halogens is 1. The van der Waals surface area contributed by atoms with Crippen LogP contribution in [0.5, 0.6) is 5.75 Å². The lowest BCUT2D eigenvalue weighted by molar-refractivity contribution is 0.402. The minimum absolute atomic E-state index is 0.0518. The molecule has 10 heteroatoms. The first kappa shape index (κ1) is 14.0.